The van der Waals surface area contributed by atoms with E-state index in [1.807, 2.05) is 24.3 Å². The number of aromatic nitrogens is 3. The van der Waals surface area contributed by atoms with E-state index in [9.17, 15) is 4.79 Å². The van der Waals surface area contributed by atoms with Gasteiger partial charge in [0.25, 0.3) is 0 Å². The molecular weight excluding hydrogens is 346 g/mol. The van der Waals surface area contributed by atoms with Crippen LogP contribution in [0.15, 0.2) is 35.1 Å². The molecule has 1 aliphatic carbocycles. The van der Waals surface area contributed by atoms with Crippen LogP contribution in [-0.4, -0.2) is 26.7 Å². The van der Waals surface area contributed by atoms with Crippen molar-refractivity contribution < 1.29 is 4.79 Å². The first-order valence-corrected chi connectivity index (χ1v) is 8.10. The van der Waals surface area contributed by atoms with Crippen molar-refractivity contribution in [3.63, 3.8) is 0 Å². The lowest BCUT2D eigenvalue weighted by Crippen LogP contribution is -2.23. The van der Waals surface area contributed by atoms with Gasteiger partial charge in [-0.2, -0.15) is 0 Å². The Kier molecular flexibility index (Phi) is 4.54. The SMILES string of the molecule is NC1CCC(C(=O)Nc2ncn(Cc3cccc(Br)c3)n2)C1. The van der Waals surface area contributed by atoms with Gasteiger partial charge in [0, 0.05) is 16.4 Å². The molecule has 3 N–H and O–H groups in total. The van der Waals surface area contributed by atoms with E-state index in [4.69, 9.17) is 5.73 Å². The fraction of sp³-hybridized carbons (Fsp3) is 0.400. The summed E-state index contributed by atoms with van der Waals surface area (Å²) in [6.45, 7) is 0.608. The van der Waals surface area contributed by atoms with Crippen LogP contribution in [0, 0.1) is 5.92 Å². The molecule has 2 unspecified atom stereocenters. The molecule has 1 aliphatic rings. The van der Waals surface area contributed by atoms with E-state index >= 15 is 0 Å². The van der Waals surface area contributed by atoms with E-state index in [1.54, 1.807) is 11.0 Å². The summed E-state index contributed by atoms with van der Waals surface area (Å²) in [7, 11) is 0. The van der Waals surface area contributed by atoms with Crippen molar-refractivity contribution in [3.05, 3.63) is 40.6 Å². The molecule has 0 radical (unpaired) electrons. The zero-order chi connectivity index (χ0) is 15.5. The lowest BCUT2D eigenvalue weighted by Gasteiger charge is -2.07. The molecule has 3 rings (SSSR count). The Morgan fingerprint density at radius 2 is 2.32 bits per heavy atom. The van der Waals surface area contributed by atoms with Crippen molar-refractivity contribution in [2.24, 2.45) is 11.7 Å². The van der Waals surface area contributed by atoms with Gasteiger partial charge < -0.3 is 5.73 Å². The number of anilines is 1. The third kappa shape index (κ3) is 3.72. The van der Waals surface area contributed by atoms with Crippen LogP contribution in [-0.2, 0) is 11.3 Å². The lowest BCUT2D eigenvalue weighted by atomic mass is 10.1. The van der Waals surface area contributed by atoms with Gasteiger partial charge in [-0.05, 0) is 37.0 Å². The first kappa shape index (κ1) is 15.2. The third-order valence-electron chi connectivity index (χ3n) is 3.85. The molecule has 0 aliphatic heterocycles. The zero-order valence-corrected chi connectivity index (χ0v) is 13.7. The first-order chi connectivity index (χ1) is 10.6. The van der Waals surface area contributed by atoms with Gasteiger partial charge in [-0.1, -0.05) is 28.1 Å². The Morgan fingerprint density at radius 1 is 1.45 bits per heavy atom. The molecule has 1 fully saturated rings. The van der Waals surface area contributed by atoms with Gasteiger partial charge in [-0.15, -0.1) is 5.10 Å². The zero-order valence-electron chi connectivity index (χ0n) is 12.1. The van der Waals surface area contributed by atoms with Crippen LogP contribution in [0.4, 0.5) is 5.95 Å². The number of nitrogens with zero attached hydrogens (tertiary/aromatic N) is 3. The minimum Gasteiger partial charge on any atom is -0.328 e. The molecule has 22 heavy (non-hydrogen) atoms. The van der Waals surface area contributed by atoms with Crippen molar-refractivity contribution in [3.8, 4) is 0 Å². The van der Waals surface area contributed by atoms with Crippen molar-refractivity contribution in [2.45, 2.75) is 31.8 Å². The highest BCUT2D eigenvalue weighted by Gasteiger charge is 2.28. The number of halogens is 1. The maximum absolute atomic E-state index is 12.1. The van der Waals surface area contributed by atoms with E-state index in [-0.39, 0.29) is 17.9 Å². The molecule has 1 heterocycles. The number of benzene rings is 1. The lowest BCUT2D eigenvalue weighted by molar-refractivity contribution is -0.119. The van der Waals surface area contributed by atoms with E-state index in [2.05, 4.69) is 31.3 Å². The molecule has 0 saturated heterocycles. The fourth-order valence-electron chi connectivity index (χ4n) is 2.72. The summed E-state index contributed by atoms with van der Waals surface area (Å²) in [4.78, 5) is 16.3. The fourth-order valence-corrected chi connectivity index (χ4v) is 3.16. The van der Waals surface area contributed by atoms with E-state index in [0.717, 1.165) is 29.3 Å². The average Bonchev–Trinajstić information content (AvgIpc) is 3.08. The number of amides is 1. The van der Waals surface area contributed by atoms with Gasteiger partial charge in [0.2, 0.25) is 11.9 Å². The molecule has 116 valence electrons. The summed E-state index contributed by atoms with van der Waals surface area (Å²) in [6, 6.07) is 8.13. The molecule has 1 amide bonds. The average molecular weight is 364 g/mol. The molecule has 1 aromatic carbocycles. The highest BCUT2D eigenvalue weighted by molar-refractivity contribution is 9.10. The van der Waals surface area contributed by atoms with E-state index < -0.39 is 0 Å². The molecule has 0 bridgehead atoms. The highest BCUT2D eigenvalue weighted by atomic mass is 79.9. The summed E-state index contributed by atoms with van der Waals surface area (Å²) in [5.74, 6) is 0.292. The van der Waals surface area contributed by atoms with Crippen LogP contribution in [0.3, 0.4) is 0 Å². The summed E-state index contributed by atoms with van der Waals surface area (Å²) in [6.07, 6.45) is 4.11. The second kappa shape index (κ2) is 6.58. The maximum atomic E-state index is 12.1. The number of nitrogens with two attached hydrogens (primary N) is 1. The Bertz CT molecular complexity index is 671. The summed E-state index contributed by atoms with van der Waals surface area (Å²) >= 11 is 3.44. The van der Waals surface area contributed by atoms with Gasteiger partial charge in [0.1, 0.15) is 6.33 Å². The minimum atomic E-state index is -0.0341. The molecule has 2 atom stereocenters. The van der Waals surface area contributed by atoms with Crippen LogP contribution < -0.4 is 11.1 Å². The van der Waals surface area contributed by atoms with Crippen LogP contribution in [0.5, 0.6) is 0 Å². The van der Waals surface area contributed by atoms with Gasteiger partial charge in [-0.25, -0.2) is 9.67 Å². The van der Waals surface area contributed by atoms with Gasteiger partial charge >= 0.3 is 0 Å². The Labute approximate surface area is 137 Å². The topological polar surface area (TPSA) is 85.8 Å². The molecule has 1 aromatic heterocycles. The maximum Gasteiger partial charge on any atom is 0.248 e. The van der Waals surface area contributed by atoms with Crippen LogP contribution in [0.2, 0.25) is 0 Å². The number of carbonyl (C=O) groups excluding carboxylic acids is 1. The van der Waals surface area contributed by atoms with Gasteiger partial charge in [0.15, 0.2) is 0 Å². The summed E-state index contributed by atoms with van der Waals surface area (Å²) < 4.78 is 2.73. The molecular formula is C15H18BrN5O. The predicted octanol–water partition coefficient (Wildman–Crippen LogP) is 2.15. The minimum absolute atomic E-state index is 0.0213. The van der Waals surface area contributed by atoms with Crippen LogP contribution >= 0.6 is 15.9 Å². The monoisotopic (exact) mass is 363 g/mol. The number of nitrogens with one attached hydrogen (secondary N) is 1. The van der Waals surface area contributed by atoms with Crippen LogP contribution in [0.25, 0.3) is 0 Å². The highest BCUT2D eigenvalue weighted by Crippen LogP contribution is 2.25. The molecule has 1 saturated carbocycles. The Hall–Kier alpha value is -1.73. The number of hydrogen-bond donors (Lipinski definition) is 2. The number of rotatable bonds is 4. The molecule has 6 nitrogen and oxygen atoms in total. The van der Waals surface area contributed by atoms with Crippen molar-refractivity contribution in [1.29, 1.82) is 0 Å². The molecule has 7 heteroatoms. The third-order valence-corrected chi connectivity index (χ3v) is 4.34. The second-order valence-electron chi connectivity index (χ2n) is 5.65. The predicted molar refractivity (Wildman–Crippen MR) is 87.2 cm³/mol. The van der Waals surface area contributed by atoms with Gasteiger partial charge in [0.05, 0.1) is 6.54 Å². The molecule has 0 spiro atoms. The first-order valence-electron chi connectivity index (χ1n) is 7.30. The smallest absolute Gasteiger partial charge is 0.248 e. The Balaban J connectivity index is 1.60. The number of hydrogen-bond acceptors (Lipinski definition) is 4. The Morgan fingerprint density at radius 3 is 3.05 bits per heavy atom. The normalized spacial score (nSPS) is 21.0. The number of carbonyl (C=O) groups is 1. The summed E-state index contributed by atoms with van der Waals surface area (Å²) in [5.41, 5.74) is 6.95. The van der Waals surface area contributed by atoms with Gasteiger partial charge in [-0.3, -0.25) is 10.1 Å². The van der Waals surface area contributed by atoms with Crippen molar-refractivity contribution in [2.75, 3.05) is 5.32 Å². The summed E-state index contributed by atoms with van der Waals surface area (Å²) in [5, 5.41) is 7.07. The second-order valence-corrected chi connectivity index (χ2v) is 6.57. The standard InChI is InChI=1S/C15H18BrN5O/c16-12-3-1-2-10(6-12)8-21-9-18-15(20-21)19-14(22)11-4-5-13(17)7-11/h1-3,6,9,11,13H,4-5,7-8,17H2,(H,19,20,22). The quantitative estimate of drug-likeness (QED) is 0.871. The molecule has 2 aromatic rings. The van der Waals surface area contributed by atoms with Crippen molar-refractivity contribution >= 4 is 27.8 Å². The van der Waals surface area contributed by atoms with E-state index in [0.29, 0.717) is 12.5 Å². The van der Waals surface area contributed by atoms with E-state index in [1.165, 1.54) is 0 Å². The van der Waals surface area contributed by atoms with Crippen molar-refractivity contribution in [1.82, 2.24) is 14.8 Å². The largest absolute Gasteiger partial charge is 0.328 e. The van der Waals surface area contributed by atoms with Crippen LogP contribution in [0.1, 0.15) is 24.8 Å².